The highest BCUT2D eigenvalue weighted by Crippen LogP contribution is 2.14. The van der Waals surface area contributed by atoms with Crippen LogP contribution in [0.3, 0.4) is 0 Å². The molecule has 0 saturated carbocycles. The van der Waals surface area contributed by atoms with E-state index in [2.05, 4.69) is 10.5 Å². The van der Waals surface area contributed by atoms with Gasteiger partial charge in [0.05, 0.1) is 13.3 Å². The van der Waals surface area contributed by atoms with Crippen molar-refractivity contribution in [3.05, 3.63) is 60.2 Å². The fourth-order valence-corrected chi connectivity index (χ4v) is 1.57. The molecule has 1 amide bonds. The van der Waals surface area contributed by atoms with Crippen molar-refractivity contribution in [1.29, 1.82) is 0 Å². The Labute approximate surface area is 116 Å². The van der Waals surface area contributed by atoms with Crippen LogP contribution in [0, 0.1) is 0 Å². The van der Waals surface area contributed by atoms with Crippen molar-refractivity contribution >= 4 is 18.0 Å². The molecule has 5 heteroatoms. The van der Waals surface area contributed by atoms with Crippen LogP contribution in [0.1, 0.15) is 5.56 Å². The Hall–Kier alpha value is -2.82. The second kappa shape index (κ2) is 6.94. The van der Waals surface area contributed by atoms with Crippen molar-refractivity contribution in [2.75, 3.05) is 12.4 Å². The van der Waals surface area contributed by atoms with Gasteiger partial charge < -0.3 is 4.74 Å². The van der Waals surface area contributed by atoms with Gasteiger partial charge in [0.15, 0.2) is 0 Å². The van der Waals surface area contributed by atoms with E-state index in [-0.39, 0.29) is 0 Å². The van der Waals surface area contributed by atoms with Gasteiger partial charge in [-0.2, -0.15) is 0 Å². The Kier molecular flexibility index (Phi) is 4.72. The summed E-state index contributed by atoms with van der Waals surface area (Å²) in [5, 5.41) is 6.18. The second-order valence-electron chi connectivity index (χ2n) is 3.85. The maximum Gasteiger partial charge on any atom is 0.437 e. The largest absolute Gasteiger partial charge is 0.496 e. The SMILES string of the molecule is COc1ccccc1/C=N/OC(=O)Nc1ccccc1. The number of hydrogen-bond acceptors (Lipinski definition) is 4. The van der Waals surface area contributed by atoms with Crippen LogP contribution < -0.4 is 10.1 Å². The molecule has 0 aromatic heterocycles. The first-order valence-corrected chi connectivity index (χ1v) is 5.99. The molecule has 0 bridgehead atoms. The number of carbonyl (C=O) groups is 1. The molecule has 2 aromatic rings. The topological polar surface area (TPSA) is 59.9 Å². The van der Waals surface area contributed by atoms with E-state index in [0.29, 0.717) is 11.4 Å². The summed E-state index contributed by atoms with van der Waals surface area (Å²) in [6.45, 7) is 0. The van der Waals surface area contributed by atoms with Crippen molar-refractivity contribution in [3.63, 3.8) is 0 Å². The number of methoxy groups -OCH3 is 1. The number of carbonyl (C=O) groups excluding carboxylic acids is 1. The molecular formula is C15H14N2O3. The van der Waals surface area contributed by atoms with Gasteiger partial charge in [0.2, 0.25) is 0 Å². The van der Waals surface area contributed by atoms with Crippen LogP contribution in [0.15, 0.2) is 59.8 Å². The zero-order chi connectivity index (χ0) is 14.2. The Morgan fingerprint density at radius 2 is 1.80 bits per heavy atom. The lowest BCUT2D eigenvalue weighted by Crippen LogP contribution is -2.10. The van der Waals surface area contributed by atoms with Gasteiger partial charge in [0, 0.05) is 11.3 Å². The van der Waals surface area contributed by atoms with Gasteiger partial charge >= 0.3 is 6.09 Å². The molecule has 0 heterocycles. The maximum absolute atomic E-state index is 11.5. The molecule has 2 aromatic carbocycles. The average molecular weight is 270 g/mol. The van der Waals surface area contributed by atoms with E-state index in [9.17, 15) is 4.79 Å². The average Bonchev–Trinajstić information content (AvgIpc) is 2.49. The number of ether oxygens (including phenoxy) is 1. The molecule has 102 valence electrons. The van der Waals surface area contributed by atoms with E-state index in [4.69, 9.17) is 9.57 Å². The molecule has 0 aliphatic rings. The van der Waals surface area contributed by atoms with Crippen molar-refractivity contribution in [2.24, 2.45) is 5.16 Å². The molecule has 1 N–H and O–H groups in total. The lowest BCUT2D eigenvalue weighted by molar-refractivity contribution is 0.167. The predicted molar refractivity (Wildman–Crippen MR) is 77.1 cm³/mol. The van der Waals surface area contributed by atoms with E-state index in [1.165, 1.54) is 6.21 Å². The molecular weight excluding hydrogens is 256 g/mol. The van der Waals surface area contributed by atoms with Crippen LogP contribution in [0.2, 0.25) is 0 Å². The normalized spacial score (nSPS) is 10.2. The van der Waals surface area contributed by atoms with Crippen molar-refractivity contribution in [3.8, 4) is 5.75 Å². The van der Waals surface area contributed by atoms with Crippen LogP contribution >= 0.6 is 0 Å². The molecule has 0 radical (unpaired) electrons. The summed E-state index contributed by atoms with van der Waals surface area (Å²) in [4.78, 5) is 16.2. The van der Waals surface area contributed by atoms with E-state index in [0.717, 1.165) is 5.56 Å². The molecule has 0 fully saturated rings. The minimum Gasteiger partial charge on any atom is -0.496 e. The third-order valence-corrected chi connectivity index (χ3v) is 2.49. The summed E-state index contributed by atoms with van der Waals surface area (Å²) in [6.07, 6.45) is 0.769. The zero-order valence-electron chi connectivity index (χ0n) is 10.9. The van der Waals surface area contributed by atoms with Crippen LogP contribution in [0.5, 0.6) is 5.75 Å². The molecule has 0 aliphatic carbocycles. The summed E-state index contributed by atoms with van der Waals surface area (Å²) in [6, 6.07) is 16.3. The molecule has 0 atom stereocenters. The number of rotatable bonds is 4. The lowest BCUT2D eigenvalue weighted by atomic mass is 10.2. The summed E-state index contributed by atoms with van der Waals surface area (Å²) in [5.41, 5.74) is 1.37. The van der Waals surface area contributed by atoms with Crippen LogP contribution in [0.25, 0.3) is 0 Å². The minimum atomic E-state index is -0.651. The Morgan fingerprint density at radius 3 is 2.55 bits per heavy atom. The van der Waals surface area contributed by atoms with Gasteiger partial charge in [-0.1, -0.05) is 35.5 Å². The number of hydrogen-bond donors (Lipinski definition) is 1. The monoisotopic (exact) mass is 270 g/mol. The summed E-state index contributed by atoms with van der Waals surface area (Å²) < 4.78 is 5.15. The van der Waals surface area contributed by atoms with Gasteiger partial charge in [-0.3, -0.25) is 10.2 Å². The van der Waals surface area contributed by atoms with Crippen molar-refractivity contribution in [1.82, 2.24) is 0 Å². The first-order valence-electron chi connectivity index (χ1n) is 5.99. The third-order valence-electron chi connectivity index (χ3n) is 2.49. The van der Waals surface area contributed by atoms with E-state index >= 15 is 0 Å². The van der Waals surface area contributed by atoms with Gasteiger partial charge in [-0.15, -0.1) is 0 Å². The maximum atomic E-state index is 11.5. The smallest absolute Gasteiger partial charge is 0.437 e. The Morgan fingerprint density at radius 1 is 1.10 bits per heavy atom. The fourth-order valence-electron chi connectivity index (χ4n) is 1.57. The second-order valence-corrected chi connectivity index (χ2v) is 3.85. The number of benzene rings is 2. The van der Waals surface area contributed by atoms with Crippen LogP contribution in [-0.2, 0) is 4.84 Å². The predicted octanol–water partition coefficient (Wildman–Crippen LogP) is 3.28. The van der Waals surface area contributed by atoms with E-state index in [1.54, 1.807) is 31.4 Å². The first-order chi connectivity index (χ1) is 9.79. The van der Waals surface area contributed by atoms with Crippen molar-refractivity contribution < 1.29 is 14.4 Å². The highest BCUT2D eigenvalue weighted by atomic mass is 16.7. The number of oxime groups is 1. The van der Waals surface area contributed by atoms with E-state index in [1.807, 2.05) is 30.3 Å². The molecule has 0 unspecified atom stereocenters. The fraction of sp³-hybridized carbons (Fsp3) is 0.0667. The van der Waals surface area contributed by atoms with E-state index < -0.39 is 6.09 Å². The zero-order valence-corrected chi connectivity index (χ0v) is 10.9. The number of nitrogens with zero attached hydrogens (tertiary/aromatic N) is 1. The Bertz CT molecular complexity index is 597. The molecule has 0 spiro atoms. The number of para-hydroxylation sites is 2. The number of amides is 1. The van der Waals surface area contributed by atoms with Crippen LogP contribution in [-0.4, -0.2) is 19.4 Å². The standard InChI is InChI=1S/C15H14N2O3/c1-19-14-10-6-5-7-12(14)11-16-20-15(18)17-13-8-3-2-4-9-13/h2-11H,1H3,(H,17,18)/b16-11+. The molecule has 0 aliphatic heterocycles. The highest BCUT2D eigenvalue weighted by molar-refractivity contribution is 5.86. The molecule has 0 saturated heterocycles. The van der Waals surface area contributed by atoms with Gasteiger partial charge in [0.1, 0.15) is 5.75 Å². The molecule has 2 rings (SSSR count). The third kappa shape index (κ3) is 3.84. The summed E-state index contributed by atoms with van der Waals surface area (Å²) in [5.74, 6) is 0.656. The lowest BCUT2D eigenvalue weighted by Gasteiger charge is -2.03. The van der Waals surface area contributed by atoms with Gasteiger partial charge in [-0.05, 0) is 24.3 Å². The van der Waals surface area contributed by atoms with Gasteiger partial charge in [0.25, 0.3) is 0 Å². The molecule has 20 heavy (non-hydrogen) atoms. The minimum absolute atomic E-state index is 0.644. The van der Waals surface area contributed by atoms with Crippen molar-refractivity contribution in [2.45, 2.75) is 0 Å². The quantitative estimate of drug-likeness (QED) is 0.527. The first kappa shape index (κ1) is 13.6. The summed E-state index contributed by atoms with van der Waals surface area (Å²) >= 11 is 0. The Balaban J connectivity index is 1.91. The number of anilines is 1. The van der Waals surface area contributed by atoms with Crippen LogP contribution in [0.4, 0.5) is 10.5 Å². The van der Waals surface area contributed by atoms with Gasteiger partial charge in [-0.25, -0.2) is 4.79 Å². The number of nitrogens with one attached hydrogen (secondary N) is 1. The summed E-state index contributed by atoms with van der Waals surface area (Å²) in [7, 11) is 1.57. The highest BCUT2D eigenvalue weighted by Gasteiger charge is 2.02. The molecule has 5 nitrogen and oxygen atoms in total.